The van der Waals surface area contributed by atoms with Crippen LogP contribution in [0.1, 0.15) is 16.1 Å². The summed E-state index contributed by atoms with van der Waals surface area (Å²) < 4.78 is 0. The fraction of sp³-hybridized carbons (Fsp3) is 0. The van der Waals surface area contributed by atoms with Crippen LogP contribution >= 0.6 is 11.6 Å². The van der Waals surface area contributed by atoms with Gasteiger partial charge in [-0.3, -0.25) is 4.79 Å². The van der Waals surface area contributed by atoms with Crippen molar-refractivity contribution in [1.82, 2.24) is 10.4 Å². The number of aromatic nitrogens is 1. The molecule has 3 rings (SSSR count). The Hall–Kier alpha value is -2.72. The summed E-state index contributed by atoms with van der Waals surface area (Å²) in [6.07, 6.45) is 1.53. The van der Waals surface area contributed by atoms with Crippen molar-refractivity contribution < 1.29 is 4.79 Å². The Labute approximate surface area is 132 Å². The van der Waals surface area contributed by atoms with Crippen LogP contribution in [-0.4, -0.2) is 17.1 Å². The highest BCUT2D eigenvalue weighted by atomic mass is 35.5. The van der Waals surface area contributed by atoms with Crippen molar-refractivity contribution in [2.24, 2.45) is 5.10 Å². The van der Waals surface area contributed by atoms with Crippen LogP contribution in [0.4, 0.5) is 0 Å². The van der Waals surface area contributed by atoms with Crippen LogP contribution in [0.25, 0.3) is 10.9 Å². The predicted octanol–water partition coefficient (Wildman–Crippen LogP) is 3.65. The molecule has 0 aliphatic carbocycles. The normalized spacial score (nSPS) is 11.0. The van der Waals surface area contributed by atoms with Gasteiger partial charge in [0.05, 0.1) is 11.7 Å². The Morgan fingerprint density at radius 2 is 1.95 bits per heavy atom. The predicted molar refractivity (Wildman–Crippen MR) is 88.3 cm³/mol. The second kappa shape index (κ2) is 6.37. The third-order valence-corrected chi connectivity index (χ3v) is 3.29. The van der Waals surface area contributed by atoms with Crippen molar-refractivity contribution in [2.75, 3.05) is 0 Å². The number of pyridine rings is 1. The minimum absolute atomic E-state index is 0.321. The Morgan fingerprint density at radius 1 is 1.09 bits per heavy atom. The second-order valence-corrected chi connectivity index (χ2v) is 5.08. The molecule has 1 N–H and O–H groups in total. The number of amides is 1. The molecule has 3 aromatic rings. The number of halogens is 1. The quantitative estimate of drug-likeness (QED) is 0.593. The van der Waals surface area contributed by atoms with E-state index in [1.807, 2.05) is 42.5 Å². The molecule has 0 atom stereocenters. The molecule has 108 valence electrons. The van der Waals surface area contributed by atoms with Crippen LogP contribution in [0.3, 0.4) is 0 Å². The molecule has 0 aliphatic heterocycles. The molecule has 0 spiro atoms. The Kier molecular flexibility index (Phi) is 4.12. The number of hydrogen-bond acceptors (Lipinski definition) is 3. The van der Waals surface area contributed by atoms with E-state index in [1.165, 1.54) is 6.21 Å². The van der Waals surface area contributed by atoms with E-state index in [0.29, 0.717) is 10.7 Å². The SMILES string of the molecule is O=C(N/N=C/c1cccc(Cl)c1)c1ccc2ccccc2n1. The summed E-state index contributed by atoms with van der Waals surface area (Å²) in [6, 6.07) is 18.3. The van der Waals surface area contributed by atoms with Gasteiger partial charge in [-0.1, -0.05) is 48.0 Å². The molecule has 0 bridgehead atoms. The number of carbonyl (C=O) groups excluding carboxylic acids is 1. The molecular weight excluding hydrogens is 298 g/mol. The van der Waals surface area contributed by atoms with Crippen LogP contribution in [-0.2, 0) is 0 Å². The Balaban J connectivity index is 1.73. The van der Waals surface area contributed by atoms with Crippen molar-refractivity contribution in [3.8, 4) is 0 Å². The molecule has 0 unspecified atom stereocenters. The van der Waals surface area contributed by atoms with E-state index >= 15 is 0 Å². The van der Waals surface area contributed by atoms with Gasteiger partial charge in [0.2, 0.25) is 0 Å². The molecule has 1 amide bonds. The lowest BCUT2D eigenvalue weighted by atomic mass is 10.2. The fourth-order valence-electron chi connectivity index (χ4n) is 2.00. The number of para-hydroxylation sites is 1. The van der Waals surface area contributed by atoms with Gasteiger partial charge in [0.15, 0.2) is 0 Å². The van der Waals surface area contributed by atoms with Crippen molar-refractivity contribution in [3.63, 3.8) is 0 Å². The van der Waals surface area contributed by atoms with E-state index in [-0.39, 0.29) is 5.91 Å². The molecule has 2 aromatic carbocycles. The first-order valence-electron chi connectivity index (χ1n) is 6.67. The Bertz CT molecular complexity index is 861. The molecule has 0 aliphatic rings. The van der Waals surface area contributed by atoms with Crippen LogP contribution in [0.2, 0.25) is 5.02 Å². The molecule has 0 saturated carbocycles. The highest BCUT2D eigenvalue weighted by molar-refractivity contribution is 6.30. The minimum atomic E-state index is -0.357. The largest absolute Gasteiger partial charge is 0.289 e. The molecule has 0 radical (unpaired) electrons. The molecule has 1 heterocycles. The van der Waals surface area contributed by atoms with E-state index < -0.39 is 0 Å². The maximum atomic E-state index is 12.0. The molecule has 0 saturated heterocycles. The summed E-state index contributed by atoms with van der Waals surface area (Å²) in [5.41, 5.74) is 4.35. The molecular formula is C17H12ClN3O. The standard InChI is InChI=1S/C17H12ClN3O/c18-14-6-3-4-12(10-14)11-19-21-17(22)16-9-8-13-5-1-2-7-15(13)20-16/h1-11H,(H,21,22)/b19-11+. The number of carbonyl (C=O) groups is 1. The molecule has 1 aromatic heterocycles. The average Bonchev–Trinajstić information content (AvgIpc) is 2.54. The van der Waals surface area contributed by atoms with Gasteiger partial charge in [0.1, 0.15) is 5.69 Å². The van der Waals surface area contributed by atoms with Gasteiger partial charge in [0.25, 0.3) is 5.91 Å². The highest BCUT2D eigenvalue weighted by Crippen LogP contribution is 2.12. The van der Waals surface area contributed by atoms with Gasteiger partial charge in [-0.2, -0.15) is 5.10 Å². The number of nitrogens with one attached hydrogen (secondary N) is 1. The summed E-state index contributed by atoms with van der Waals surface area (Å²) in [7, 11) is 0. The third-order valence-electron chi connectivity index (χ3n) is 3.06. The summed E-state index contributed by atoms with van der Waals surface area (Å²) in [4.78, 5) is 16.3. The number of fused-ring (bicyclic) bond motifs is 1. The lowest BCUT2D eigenvalue weighted by Gasteiger charge is -2.01. The van der Waals surface area contributed by atoms with Gasteiger partial charge in [-0.25, -0.2) is 10.4 Å². The van der Waals surface area contributed by atoms with Gasteiger partial charge in [-0.15, -0.1) is 0 Å². The summed E-state index contributed by atoms with van der Waals surface area (Å²) in [5, 5.41) is 5.52. The summed E-state index contributed by atoms with van der Waals surface area (Å²) >= 11 is 5.88. The minimum Gasteiger partial charge on any atom is -0.266 e. The maximum Gasteiger partial charge on any atom is 0.289 e. The zero-order valence-corrected chi connectivity index (χ0v) is 12.3. The monoisotopic (exact) mass is 309 g/mol. The molecule has 4 nitrogen and oxygen atoms in total. The Morgan fingerprint density at radius 3 is 2.82 bits per heavy atom. The van der Waals surface area contributed by atoms with Crippen LogP contribution in [0, 0.1) is 0 Å². The first-order valence-corrected chi connectivity index (χ1v) is 7.05. The van der Waals surface area contributed by atoms with Crippen molar-refractivity contribution >= 4 is 34.6 Å². The van der Waals surface area contributed by atoms with E-state index in [1.54, 1.807) is 18.2 Å². The first-order chi connectivity index (χ1) is 10.7. The van der Waals surface area contributed by atoms with Crippen molar-refractivity contribution in [3.05, 3.63) is 76.9 Å². The first kappa shape index (κ1) is 14.2. The molecule has 0 fully saturated rings. The van der Waals surface area contributed by atoms with Crippen molar-refractivity contribution in [1.29, 1.82) is 0 Å². The molecule has 22 heavy (non-hydrogen) atoms. The van der Waals surface area contributed by atoms with Gasteiger partial charge >= 0.3 is 0 Å². The van der Waals surface area contributed by atoms with Crippen LogP contribution in [0.15, 0.2) is 65.8 Å². The average molecular weight is 310 g/mol. The zero-order valence-electron chi connectivity index (χ0n) is 11.5. The zero-order chi connectivity index (χ0) is 15.4. The smallest absolute Gasteiger partial charge is 0.266 e. The van der Waals surface area contributed by atoms with Crippen molar-refractivity contribution in [2.45, 2.75) is 0 Å². The lowest BCUT2D eigenvalue weighted by molar-refractivity contribution is 0.0950. The number of hydrogen-bond donors (Lipinski definition) is 1. The van der Waals surface area contributed by atoms with Gasteiger partial charge < -0.3 is 0 Å². The maximum absolute atomic E-state index is 12.0. The van der Waals surface area contributed by atoms with E-state index in [4.69, 9.17) is 11.6 Å². The second-order valence-electron chi connectivity index (χ2n) is 4.64. The number of rotatable bonds is 3. The summed E-state index contributed by atoms with van der Waals surface area (Å²) in [6.45, 7) is 0. The van der Waals surface area contributed by atoms with E-state index in [9.17, 15) is 4.79 Å². The number of hydrazone groups is 1. The van der Waals surface area contributed by atoms with Gasteiger partial charge in [-0.05, 0) is 29.8 Å². The number of benzene rings is 2. The summed E-state index contributed by atoms with van der Waals surface area (Å²) in [5.74, 6) is -0.357. The van der Waals surface area contributed by atoms with Crippen LogP contribution < -0.4 is 5.43 Å². The van der Waals surface area contributed by atoms with E-state index in [2.05, 4.69) is 15.5 Å². The lowest BCUT2D eigenvalue weighted by Crippen LogP contribution is -2.18. The highest BCUT2D eigenvalue weighted by Gasteiger charge is 2.06. The van der Waals surface area contributed by atoms with E-state index in [0.717, 1.165) is 16.5 Å². The number of nitrogens with zero attached hydrogens (tertiary/aromatic N) is 2. The fourth-order valence-corrected chi connectivity index (χ4v) is 2.20. The molecule has 5 heteroatoms. The third kappa shape index (κ3) is 3.30. The topological polar surface area (TPSA) is 54.4 Å². The van der Waals surface area contributed by atoms with Crippen LogP contribution in [0.5, 0.6) is 0 Å². The van der Waals surface area contributed by atoms with Gasteiger partial charge in [0, 0.05) is 10.4 Å².